The molecular weight excluding hydrogens is 474 g/mol. The van der Waals surface area contributed by atoms with E-state index in [2.05, 4.69) is 36.4 Å². The molecule has 1 atom stereocenters. The molecule has 4 heteroatoms. The van der Waals surface area contributed by atoms with Crippen LogP contribution in [0, 0.1) is 0 Å². The molecule has 0 spiro atoms. The average Bonchev–Trinajstić information content (AvgIpc) is 3.45. The standard InChI is InChI=1S/C33H25NO2S/c35-37(29-22-20-26(21-23-29)25-12-4-1-5-13-25)31-19-11-10-18-30(31)32-34-33(24-36-32,27-14-6-2-7-15-27)28-16-8-3-9-17-28/h1-23H,24H2. The number of ether oxygens (including phenoxy) is 1. The molecule has 1 aliphatic rings. The molecule has 0 saturated carbocycles. The number of nitrogens with zero attached hydrogens (tertiary/aromatic N) is 1. The van der Waals surface area contributed by atoms with E-state index in [1.54, 1.807) is 0 Å². The van der Waals surface area contributed by atoms with E-state index in [0.29, 0.717) is 17.4 Å². The van der Waals surface area contributed by atoms with Crippen LogP contribution in [0.1, 0.15) is 16.7 Å². The largest absolute Gasteiger partial charge is 0.474 e. The van der Waals surface area contributed by atoms with Crippen molar-refractivity contribution < 1.29 is 8.95 Å². The second kappa shape index (κ2) is 10.00. The number of hydrogen-bond acceptors (Lipinski definition) is 3. The van der Waals surface area contributed by atoms with Crippen LogP contribution < -0.4 is 0 Å². The smallest absolute Gasteiger partial charge is 0.218 e. The van der Waals surface area contributed by atoms with E-state index >= 15 is 0 Å². The molecule has 0 fully saturated rings. The van der Waals surface area contributed by atoms with Crippen molar-refractivity contribution in [1.82, 2.24) is 0 Å². The van der Waals surface area contributed by atoms with E-state index in [0.717, 1.165) is 32.7 Å². The number of aliphatic imine (C=N–C) groups is 1. The third-order valence-corrected chi connectivity index (χ3v) is 8.16. The molecule has 1 heterocycles. The van der Waals surface area contributed by atoms with Gasteiger partial charge in [-0.3, -0.25) is 0 Å². The lowest BCUT2D eigenvalue weighted by atomic mass is 9.84. The zero-order valence-corrected chi connectivity index (χ0v) is 21.0. The van der Waals surface area contributed by atoms with Crippen molar-refractivity contribution in [2.45, 2.75) is 15.3 Å². The lowest BCUT2D eigenvalue weighted by Crippen LogP contribution is -2.26. The van der Waals surface area contributed by atoms with Crippen LogP contribution in [0.5, 0.6) is 0 Å². The molecule has 3 nitrogen and oxygen atoms in total. The van der Waals surface area contributed by atoms with Crippen molar-refractivity contribution in [1.29, 1.82) is 0 Å². The fourth-order valence-electron chi connectivity index (χ4n) is 4.77. The Balaban J connectivity index is 1.39. The van der Waals surface area contributed by atoms with Gasteiger partial charge in [0.05, 0.1) is 21.3 Å². The Morgan fingerprint density at radius 3 is 1.73 bits per heavy atom. The Bertz CT molecular complexity index is 1520. The third-order valence-electron chi connectivity index (χ3n) is 6.71. The average molecular weight is 500 g/mol. The van der Waals surface area contributed by atoms with Gasteiger partial charge < -0.3 is 4.74 Å². The Morgan fingerprint density at radius 1 is 0.595 bits per heavy atom. The van der Waals surface area contributed by atoms with Crippen LogP contribution >= 0.6 is 0 Å². The van der Waals surface area contributed by atoms with Crippen molar-refractivity contribution in [3.63, 3.8) is 0 Å². The first kappa shape index (κ1) is 23.1. The van der Waals surface area contributed by atoms with Crippen LogP contribution in [0.4, 0.5) is 0 Å². The minimum atomic E-state index is -1.39. The van der Waals surface area contributed by atoms with Gasteiger partial charge in [-0.2, -0.15) is 0 Å². The molecule has 6 rings (SSSR count). The maximum atomic E-state index is 13.8. The van der Waals surface area contributed by atoms with Crippen molar-refractivity contribution in [3.8, 4) is 11.1 Å². The summed E-state index contributed by atoms with van der Waals surface area (Å²) in [6, 6.07) is 46.2. The zero-order chi connectivity index (χ0) is 25.1. The molecule has 1 unspecified atom stereocenters. The highest BCUT2D eigenvalue weighted by Crippen LogP contribution is 2.39. The van der Waals surface area contributed by atoms with Gasteiger partial charge in [0.15, 0.2) is 0 Å². The minimum Gasteiger partial charge on any atom is -0.474 e. The van der Waals surface area contributed by atoms with Crippen LogP contribution in [0.15, 0.2) is 154 Å². The second-order valence-electron chi connectivity index (χ2n) is 8.95. The molecule has 0 aromatic heterocycles. The normalized spacial score (nSPS) is 15.0. The van der Waals surface area contributed by atoms with Gasteiger partial charge in [0, 0.05) is 4.90 Å². The van der Waals surface area contributed by atoms with Crippen LogP contribution in [-0.4, -0.2) is 16.7 Å². The van der Waals surface area contributed by atoms with Crippen LogP contribution in [0.2, 0.25) is 0 Å². The van der Waals surface area contributed by atoms with E-state index in [1.165, 1.54) is 0 Å². The first-order valence-electron chi connectivity index (χ1n) is 12.2. The summed E-state index contributed by atoms with van der Waals surface area (Å²) in [5, 5.41) is 0. The summed E-state index contributed by atoms with van der Waals surface area (Å²) >= 11 is 0. The fraction of sp³-hybridized carbons (Fsp3) is 0.0606. The quantitative estimate of drug-likeness (QED) is 0.247. The minimum absolute atomic E-state index is 0.378. The van der Waals surface area contributed by atoms with Crippen LogP contribution in [-0.2, 0) is 21.1 Å². The Labute approximate surface area is 219 Å². The highest BCUT2D eigenvalue weighted by molar-refractivity contribution is 7.85. The molecule has 0 saturated heterocycles. The number of hydrogen-bond donors (Lipinski definition) is 0. The molecule has 0 aliphatic carbocycles. The first-order valence-corrected chi connectivity index (χ1v) is 13.4. The summed E-state index contributed by atoms with van der Waals surface area (Å²) < 4.78 is 20.1. The SMILES string of the molecule is O=S(c1ccc(-c2ccccc2)cc1)c1ccccc1C1=NC(c2ccccc2)(c2ccccc2)CO1. The van der Waals surface area contributed by atoms with E-state index in [9.17, 15) is 4.21 Å². The summed E-state index contributed by atoms with van der Waals surface area (Å²) in [6.07, 6.45) is 0. The molecule has 37 heavy (non-hydrogen) atoms. The summed E-state index contributed by atoms with van der Waals surface area (Å²) in [4.78, 5) is 6.61. The first-order chi connectivity index (χ1) is 18.2. The molecule has 0 N–H and O–H groups in total. The molecule has 0 radical (unpaired) electrons. The van der Waals surface area contributed by atoms with Gasteiger partial charge in [0.1, 0.15) is 12.1 Å². The fourth-order valence-corrected chi connectivity index (χ4v) is 5.97. The molecular formula is C33H25NO2S. The molecule has 1 aliphatic heterocycles. The third kappa shape index (κ3) is 4.41. The zero-order valence-electron chi connectivity index (χ0n) is 20.2. The van der Waals surface area contributed by atoms with E-state index in [-0.39, 0.29) is 0 Å². The lowest BCUT2D eigenvalue weighted by molar-refractivity contribution is 0.282. The lowest BCUT2D eigenvalue weighted by Gasteiger charge is -2.25. The van der Waals surface area contributed by atoms with Crippen molar-refractivity contribution in [3.05, 3.63) is 156 Å². The van der Waals surface area contributed by atoms with E-state index in [1.807, 2.05) is 103 Å². The Hall–Kier alpha value is -4.28. The predicted molar refractivity (Wildman–Crippen MR) is 149 cm³/mol. The van der Waals surface area contributed by atoms with Crippen LogP contribution in [0.25, 0.3) is 11.1 Å². The molecule has 0 amide bonds. The summed E-state index contributed by atoms with van der Waals surface area (Å²) in [5.41, 5.74) is 4.43. The summed E-state index contributed by atoms with van der Waals surface area (Å²) in [5.74, 6) is 0.512. The predicted octanol–water partition coefficient (Wildman–Crippen LogP) is 7.24. The summed E-state index contributed by atoms with van der Waals surface area (Å²) in [6.45, 7) is 0.378. The van der Waals surface area contributed by atoms with Crippen molar-refractivity contribution >= 4 is 16.7 Å². The maximum absolute atomic E-state index is 13.8. The summed E-state index contributed by atoms with van der Waals surface area (Å²) in [7, 11) is -1.39. The van der Waals surface area contributed by atoms with Gasteiger partial charge in [-0.25, -0.2) is 9.20 Å². The monoisotopic (exact) mass is 499 g/mol. The van der Waals surface area contributed by atoms with Gasteiger partial charge in [0.2, 0.25) is 5.90 Å². The highest BCUT2D eigenvalue weighted by atomic mass is 32.2. The van der Waals surface area contributed by atoms with Gasteiger partial charge >= 0.3 is 0 Å². The van der Waals surface area contributed by atoms with E-state index < -0.39 is 16.3 Å². The van der Waals surface area contributed by atoms with Gasteiger partial charge in [-0.1, -0.05) is 115 Å². The Morgan fingerprint density at radius 2 is 1.11 bits per heavy atom. The van der Waals surface area contributed by atoms with Gasteiger partial charge in [0.25, 0.3) is 0 Å². The van der Waals surface area contributed by atoms with Gasteiger partial charge in [-0.05, 0) is 46.5 Å². The Kier molecular flexibility index (Phi) is 6.25. The highest BCUT2D eigenvalue weighted by Gasteiger charge is 2.41. The molecule has 180 valence electrons. The molecule has 5 aromatic carbocycles. The van der Waals surface area contributed by atoms with Crippen LogP contribution in [0.3, 0.4) is 0 Å². The maximum Gasteiger partial charge on any atom is 0.218 e. The molecule has 0 bridgehead atoms. The van der Waals surface area contributed by atoms with Gasteiger partial charge in [-0.15, -0.1) is 0 Å². The topological polar surface area (TPSA) is 38.7 Å². The molecule has 5 aromatic rings. The number of rotatable bonds is 6. The van der Waals surface area contributed by atoms with Crippen molar-refractivity contribution in [2.24, 2.45) is 4.99 Å². The van der Waals surface area contributed by atoms with Crippen molar-refractivity contribution in [2.75, 3.05) is 6.61 Å². The second-order valence-corrected chi connectivity index (χ2v) is 10.4. The van der Waals surface area contributed by atoms with E-state index in [4.69, 9.17) is 9.73 Å². The number of benzene rings is 5.